The molecule has 1 unspecified atom stereocenters. The Morgan fingerprint density at radius 2 is 1.55 bits per heavy atom. The molecule has 100 valence electrons. The van der Waals surface area contributed by atoms with Gasteiger partial charge in [0.15, 0.2) is 0 Å². The van der Waals surface area contributed by atoms with Crippen molar-refractivity contribution in [1.82, 2.24) is 0 Å². The minimum absolute atomic E-state index is 0.513. The van der Waals surface area contributed by atoms with Crippen LogP contribution in [0.2, 0.25) is 0 Å². The minimum atomic E-state index is -1.04. The molecule has 3 aromatic rings. The van der Waals surface area contributed by atoms with Gasteiger partial charge in [0.05, 0.1) is 16.6 Å². The van der Waals surface area contributed by atoms with Gasteiger partial charge >= 0.3 is 0 Å². The lowest BCUT2D eigenvalue weighted by molar-refractivity contribution is 0.682. The number of nitrogens with two attached hydrogens (primary N) is 1. The van der Waals surface area contributed by atoms with Gasteiger partial charge < -0.3 is 5.73 Å². The van der Waals surface area contributed by atoms with Crippen LogP contribution in [0.3, 0.4) is 0 Å². The smallest absolute Gasteiger partial charge is 0.0574 e. The van der Waals surface area contributed by atoms with Crippen LogP contribution in [-0.2, 0) is 16.6 Å². The molecule has 0 saturated heterocycles. The van der Waals surface area contributed by atoms with Crippen LogP contribution >= 0.6 is 0 Å². The summed E-state index contributed by atoms with van der Waals surface area (Å²) in [5, 5.41) is 2.29. The molecule has 0 saturated carbocycles. The van der Waals surface area contributed by atoms with E-state index in [0.29, 0.717) is 5.75 Å². The lowest BCUT2D eigenvalue weighted by Gasteiger charge is -2.05. The highest BCUT2D eigenvalue weighted by Crippen LogP contribution is 2.20. The summed E-state index contributed by atoms with van der Waals surface area (Å²) >= 11 is 0. The lowest BCUT2D eigenvalue weighted by Crippen LogP contribution is -1.97. The van der Waals surface area contributed by atoms with Crippen LogP contribution in [0.15, 0.2) is 71.6 Å². The summed E-state index contributed by atoms with van der Waals surface area (Å²) in [4.78, 5) is 0.862. The molecule has 2 N–H and O–H groups in total. The summed E-state index contributed by atoms with van der Waals surface area (Å²) in [7, 11) is -1.04. The monoisotopic (exact) mass is 281 g/mol. The van der Waals surface area contributed by atoms with Crippen molar-refractivity contribution in [3.8, 4) is 0 Å². The number of fused-ring (bicyclic) bond motifs is 1. The van der Waals surface area contributed by atoms with Crippen molar-refractivity contribution in [3.05, 3.63) is 72.3 Å². The third-order valence-corrected chi connectivity index (χ3v) is 4.64. The molecule has 0 aliphatic rings. The van der Waals surface area contributed by atoms with Crippen LogP contribution in [0.4, 0.5) is 5.69 Å². The normalized spacial score (nSPS) is 12.4. The molecule has 0 spiro atoms. The first-order valence-electron chi connectivity index (χ1n) is 6.44. The van der Waals surface area contributed by atoms with Crippen LogP contribution in [-0.4, -0.2) is 4.21 Å². The van der Waals surface area contributed by atoms with Crippen molar-refractivity contribution in [2.24, 2.45) is 0 Å². The second-order valence-electron chi connectivity index (χ2n) is 4.74. The molecular formula is C17H15NOS. The Hall–Kier alpha value is -2.13. The summed E-state index contributed by atoms with van der Waals surface area (Å²) in [5.74, 6) is 0.513. The Morgan fingerprint density at radius 3 is 2.30 bits per heavy atom. The highest BCUT2D eigenvalue weighted by Gasteiger charge is 2.06. The van der Waals surface area contributed by atoms with E-state index in [9.17, 15) is 4.21 Å². The standard InChI is InChI=1S/C17H15NOS/c18-16-8-5-13(6-9-16)12-20(19)17-10-7-14-3-1-2-4-15(14)11-17/h1-11H,12,18H2. The zero-order valence-electron chi connectivity index (χ0n) is 11.0. The molecule has 0 radical (unpaired) electrons. The highest BCUT2D eigenvalue weighted by atomic mass is 32.2. The molecule has 1 atom stereocenters. The summed E-state index contributed by atoms with van der Waals surface area (Å²) < 4.78 is 12.4. The maximum absolute atomic E-state index is 12.4. The SMILES string of the molecule is Nc1ccc(CS(=O)c2ccc3ccccc3c2)cc1. The molecule has 3 heteroatoms. The van der Waals surface area contributed by atoms with E-state index in [1.165, 1.54) is 5.39 Å². The molecule has 0 bridgehead atoms. The molecule has 3 aromatic carbocycles. The predicted molar refractivity (Wildman–Crippen MR) is 84.9 cm³/mol. The first-order valence-corrected chi connectivity index (χ1v) is 7.76. The fourth-order valence-corrected chi connectivity index (χ4v) is 3.30. The van der Waals surface area contributed by atoms with E-state index in [1.54, 1.807) is 0 Å². The molecule has 0 heterocycles. The number of anilines is 1. The zero-order chi connectivity index (χ0) is 13.9. The van der Waals surface area contributed by atoms with Crippen LogP contribution in [0, 0.1) is 0 Å². The van der Waals surface area contributed by atoms with Crippen molar-refractivity contribution >= 4 is 27.3 Å². The summed E-state index contributed by atoms with van der Waals surface area (Å²) in [6, 6.07) is 21.6. The summed E-state index contributed by atoms with van der Waals surface area (Å²) in [6.07, 6.45) is 0. The van der Waals surface area contributed by atoms with Crippen molar-refractivity contribution in [3.63, 3.8) is 0 Å². The van der Waals surface area contributed by atoms with Gasteiger partial charge in [0.25, 0.3) is 0 Å². The van der Waals surface area contributed by atoms with Gasteiger partial charge in [-0.15, -0.1) is 0 Å². The molecule has 0 aromatic heterocycles. The van der Waals surface area contributed by atoms with Crippen LogP contribution in [0.25, 0.3) is 10.8 Å². The Balaban J connectivity index is 1.86. The Kier molecular flexibility index (Phi) is 3.52. The van der Waals surface area contributed by atoms with E-state index < -0.39 is 10.8 Å². The Labute approximate surface area is 120 Å². The summed E-state index contributed by atoms with van der Waals surface area (Å²) in [5.41, 5.74) is 7.42. The molecule has 2 nitrogen and oxygen atoms in total. The van der Waals surface area contributed by atoms with E-state index >= 15 is 0 Å². The number of hydrogen-bond acceptors (Lipinski definition) is 2. The quantitative estimate of drug-likeness (QED) is 0.743. The molecule has 20 heavy (non-hydrogen) atoms. The molecule has 0 aliphatic carbocycles. The fourth-order valence-electron chi connectivity index (χ4n) is 2.16. The van der Waals surface area contributed by atoms with Gasteiger partial charge in [-0.2, -0.15) is 0 Å². The number of rotatable bonds is 3. The molecule has 0 fully saturated rings. The Morgan fingerprint density at radius 1 is 0.850 bits per heavy atom. The molecule has 3 rings (SSSR count). The van der Waals surface area contributed by atoms with Crippen molar-refractivity contribution in [1.29, 1.82) is 0 Å². The van der Waals surface area contributed by atoms with E-state index in [2.05, 4.69) is 6.07 Å². The topological polar surface area (TPSA) is 43.1 Å². The second-order valence-corrected chi connectivity index (χ2v) is 6.19. The lowest BCUT2D eigenvalue weighted by atomic mass is 10.1. The predicted octanol–water partition coefficient (Wildman–Crippen LogP) is 3.73. The Bertz CT molecular complexity index is 765. The third-order valence-electron chi connectivity index (χ3n) is 3.26. The minimum Gasteiger partial charge on any atom is -0.399 e. The van der Waals surface area contributed by atoms with E-state index in [1.807, 2.05) is 60.7 Å². The van der Waals surface area contributed by atoms with Crippen molar-refractivity contribution in [2.75, 3.05) is 5.73 Å². The van der Waals surface area contributed by atoms with Gasteiger partial charge in [0.1, 0.15) is 0 Å². The van der Waals surface area contributed by atoms with Gasteiger partial charge in [0, 0.05) is 10.6 Å². The van der Waals surface area contributed by atoms with Crippen LogP contribution in [0.5, 0.6) is 0 Å². The maximum Gasteiger partial charge on any atom is 0.0574 e. The van der Waals surface area contributed by atoms with Gasteiger partial charge in [-0.05, 0) is 40.6 Å². The number of benzene rings is 3. The van der Waals surface area contributed by atoms with Crippen LogP contribution in [0.1, 0.15) is 5.56 Å². The largest absolute Gasteiger partial charge is 0.399 e. The summed E-state index contributed by atoms with van der Waals surface area (Å²) in [6.45, 7) is 0. The van der Waals surface area contributed by atoms with Gasteiger partial charge in [-0.25, -0.2) is 0 Å². The molecular weight excluding hydrogens is 266 g/mol. The molecule has 0 amide bonds. The van der Waals surface area contributed by atoms with E-state index in [4.69, 9.17) is 5.73 Å². The van der Waals surface area contributed by atoms with Crippen molar-refractivity contribution in [2.45, 2.75) is 10.6 Å². The van der Waals surface area contributed by atoms with Crippen LogP contribution < -0.4 is 5.73 Å². The maximum atomic E-state index is 12.4. The third kappa shape index (κ3) is 2.73. The fraction of sp³-hybridized carbons (Fsp3) is 0.0588. The average Bonchev–Trinajstić information content (AvgIpc) is 2.49. The number of nitrogen functional groups attached to an aromatic ring is 1. The van der Waals surface area contributed by atoms with E-state index in [0.717, 1.165) is 21.5 Å². The van der Waals surface area contributed by atoms with E-state index in [-0.39, 0.29) is 0 Å². The average molecular weight is 281 g/mol. The first kappa shape index (κ1) is 12.9. The number of hydrogen-bond donors (Lipinski definition) is 1. The zero-order valence-corrected chi connectivity index (χ0v) is 11.8. The second kappa shape index (κ2) is 5.47. The highest BCUT2D eigenvalue weighted by molar-refractivity contribution is 7.84. The first-order chi connectivity index (χ1) is 9.72. The van der Waals surface area contributed by atoms with Gasteiger partial charge in [-0.3, -0.25) is 4.21 Å². The van der Waals surface area contributed by atoms with Crippen molar-refractivity contribution < 1.29 is 4.21 Å². The van der Waals surface area contributed by atoms with Gasteiger partial charge in [0.2, 0.25) is 0 Å². The van der Waals surface area contributed by atoms with Gasteiger partial charge in [-0.1, -0.05) is 42.5 Å². The molecule has 0 aliphatic heterocycles.